The highest BCUT2D eigenvalue weighted by Gasteiger charge is 2.55. The number of carbonyl (C=O) groups is 2. The second kappa shape index (κ2) is 11.9. The molecular formula is C26H30O14. The molecule has 1 aromatic carbocycles. The van der Waals surface area contributed by atoms with Crippen LogP contribution in [0.5, 0.6) is 11.5 Å². The van der Waals surface area contributed by atoms with Crippen molar-refractivity contribution < 1.29 is 69.0 Å². The topological polar surface area (TPSA) is 222 Å². The number of rotatable bonds is 9. The highest BCUT2D eigenvalue weighted by molar-refractivity contribution is 5.88. The smallest absolute Gasteiger partial charge is 0.335 e. The number of carbonyl (C=O) groups excluding carboxylic acids is 1. The highest BCUT2D eigenvalue weighted by atomic mass is 16.8. The number of aliphatic hydroxyl groups excluding tert-OH is 4. The molecular weight excluding hydrogens is 536 g/mol. The van der Waals surface area contributed by atoms with E-state index in [2.05, 4.69) is 0 Å². The van der Waals surface area contributed by atoms with E-state index in [1.165, 1.54) is 43.5 Å². The Hall–Kier alpha value is -3.50. The lowest BCUT2D eigenvalue weighted by atomic mass is 9.79. The van der Waals surface area contributed by atoms with Crippen LogP contribution in [0.25, 0.3) is 6.08 Å². The molecule has 3 aliphatic rings. The normalized spacial score (nSPS) is 35.1. The van der Waals surface area contributed by atoms with Gasteiger partial charge < -0.3 is 59.4 Å². The summed E-state index contributed by atoms with van der Waals surface area (Å²) in [6, 6.07) is 4.39. The Morgan fingerprint density at radius 2 is 1.88 bits per heavy atom. The number of fused-ring (bicyclic) bond motifs is 1. The molecule has 40 heavy (non-hydrogen) atoms. The van der Waals surface area contributed by atoms with Crippen LogP contribution < -0.4 is 4.74 Å². The van der Waals surface area contributed by atoms with E-state index in [1.807, 2.05) is 0 Å². The van der Waals surface area contributed by atoms with Gasteiger partial charge in [0.2, 0.25) is 6.29 Å². The van der Waals surface area contributed by atoms with E-state index in [-0.39, 0.29) is 17.1 Å². The van der Waals surface area contributed by atoms with Crippen molar-refractivity contribution in [1.29, 1.82) is 0 Å². The zero-order valence-electron chi connectivity index (χ0n) is 21.1. The molecule has 218 valence electrons. The van der Waals surface area contributed by atoms with E-state index < -0.39 is 79.6 Å². The standard InChI is InChI=1S/C26H30O14/c1-36-16-8-12(2-4-15(16)28)3-5-18(29)37-10-17-20(30)21(31)22(32)25(39-17)40-24-19-13(6-7-26(19,35)11-27)14(9-38-24)23(33)34/h2-9,13,17,19-22,24-25,27-28,30-32,35H,10-11H2,1H3,(H,33,34). The zero-order valence-corrected chi connectivity index (χ0v) is 21.1. The van der Waals surface area contributed by atoms with Crippen molar-refractivity contribution >= 4 is 18.0 Å². The average molecular weight is 567 g/mol. The van der Waals surface area contributed by atoms with Gasteiger partial charge in [-0.15, -0.1) is 0 Å². The summed E-state index contributed by atoms with van der Waals surface area (Å²) in [5, 5.41) is 70.9. The molecule has 9 atom stereocenters. The Morgan fingerprint density at radius 3 is 2.55 bits per heavy atom. The second-order valence-corrected chi connectivity index (χ2v) is 9.49. The maximum absolute atomic E-state index is 12.2. The minimum absolute atomic E-state index is 0.0825. The molecule has 2 aliphatic heterocycles. The van der Waals surface area contributed by atoms with Gasteiger partial charge in [0.15, 0.2) is 17.8 Å². The van der Waals surface area contributed by atoms with Crippen molar-refractivity contribution in [2.24, 2.45) is 11.8 Å². The number of aliphatic hydroxyl groups is 5. The summed E-state index contributed by atoms with van der Waals surface area (Å²) in [5.41, 5.74) is -1.61. The highest BCUT2D eigenvalue weighted by Crippen LogP contribution is 2.45. The number of aromatic hydroxyl groups is 1. The summed E-state index contributed by atoms with van der Waals surface area (Å²) in [4.78, 5) is 23.9. The number of hydrogen-bond donors (Lipinski definition) is 7. The van der Waals surface area contributed by atoms with Crippen molar-refractivity contribution in [3.05, 3.63) is 53.8 Å². The van der Waals surface area contributed by atoms with E-state index in [4.69, 9.17) is 23.7 Å². The number of phenols is 1. The van der Waals surface area contributed by atoms with Gasteiger partial charge in [0.1, 0.15) is 36.6 Å². The summed E-state index contributed by atoms with van der Waals surface area (Å²) in [6.07, 6.45) is -3.78. The Morgan fingerprint density at radius 1 is 1.12 bits per heavy atom. The van der Waals surface area contributed by atoms with Gasteiger partial charge >= 0.3 is 11.9 Å². The number of aliphatic carboxylic acids is 1. The number of allylic oxidation sites excluding steroid dienone is 1. The number of benzene rings is 1. The van der Waals surface area contributed by atoms with Gasteiger partial charge in [-0.25, -0.2) is 9.59 Å². The van der Waals surface area contributed by atoms with Gasteiger partial charge in [-0.05, 0) is 23.8 Å². The number of ether oxygens (including phenoxy) is 5. The quantitative estimate of drug-likeness (QED) is 0.104. The van der Waals surface area contributed by atoms with Gasteiger partial charge in [-0.3, -0.25) is 0 Å². The van der Waals surface area contributed by atoms with E-state index in [9.17, 15) is 45.3 Å². The van der Waals surface area contributed by atoms with Crippen LogP contribution in [-0.4, -0.2) is 111 Å². The SMILES string of the molecule is COc1cc(C=CC(=O)OCC2OC(OC3OC=C(C(=O)O)C4C=CC(O)(CO)C34)C(O)C(O)C2O)ccc1O. The van der Waals surface area contributed by atoms with E-state index in [0.717, 1.165) is 12.3 Å². The lowest BCUT2D eigenvalue weighted by molar-refractivity contribution is -0.346. The van der Waals surface area contributed by atoms with Crippen LogP contribution in [0.1, 0.15) is 5.56 Å². The summed E-state index contributed by atoms with van der Waals surface area (Å²) in [6.45, 7) is -1.35. The maximum Gasteiger partial charge on any atom is 0.335 e. The fourth-order valence-corrected chi connectivity index (χ4v) is 4.76. The summed E-state index contributed by atoms with van der Waals surface area (Å²) < 4.78 is 26.7. The van der Waals surface area contributed by atoms with Crippen LogP contribution in [-0.2, 0) is 28.5 Å². The molecule has 1 fully saturated rings. The minimum Gasteiger partial charge on any atom is -0.504 e. The minimum atomic E-state index is -1.93. The monoisotopic (exact) mass is 566 g/mol. The molecule has 0 aromatic heterocycles. The molecule has 2 heterocycles. The molecule has 0 radical (unpaired) electrons. The second-order valence-electron chi connectivity index (χ2n) is 9.49. The average Bonchev–Trinajstić information content (AvgIpc) is 3.30. The van der Waals surface area contributed by atoms with Crippen LogP contribution in [0.15, 0.2) is 48.3 Å². The van der Waals surface area contributed by atoms with Gasteiger partial charge in [0.05, 0.1) is 31.5 Å². The van der Waals surface area contributed by atoms with Crippen LogP contribution in [0.2, 0.25) is 0 Å². The molecule has 0 amide bonds. The summed E-state index contributed by atoms with van der Waals surface area (Å²) in [5.74, 6) is -4.11. The van der Waals surface area contributed by atoms with E-state index >= 15 is 0 Å². The number of hydrogen-bond acceptors (Lipinski definition) is 13. The Labute approximate surface area is 227 Å². The molecule has 1 aliphatic carbocycles. The van der Waals surface area contributed by atoms with Crippen molar-refractivity contribution in [1.82, 2.24) is 0 Å². The fourth-order valence-electron chi connectivity index (χ4n) is 4.76. The molecule has 0 spiro atoms. The first-order chi connectivity index (χ1) is 19.0. The first-order valence-electron chi connectivity index (χ1n) is 12.2. The van der Waals surface area contributed by atoms with Gasteiger partial charge in [0, 0.05) is 12.0 Å². The van der Waals surface area contributed by atoms with Crippen molar-refractivity contribution in [2.75, 3.05) is 20.3 Å². The van der Waals surface area contributed by atoms with Gasteiger partial charge in [0.25, 0.3) is 0 Å². The number of phenolic OH excluding ortho intramolecular Hbond substituents is 1. The first-order valence-corrected chi connectivity index (χ1v) is 12.2. The summed E-state index contributed by atoms with van der Waals surface area (Å²) in [7, 11) is 1.37. The van der Waals surface area contributed by atoms with Crippen molar-refractivity contribution in [3.8, 4) is 11.5 Å². The summed E-state index contributed by atoms with van der Waals surface area (Å²) >= 11 is 0. The maximum atomic E-state index is 12.2. The lowest BCUT2D eigenvalue weighted by Crippen LogP contribution is -2.61. The first kappa shape index (κ1) is 29.5. The van der Waals surface area contributed by atoms with E-state index in [1.54, 1.807) is 0 Å². The third-order valence-electron chi connectivity index (χ3n) is 6.98. The van der Waals surface area contributed by atoms with Crippen LogP contribution in [0, 0.1) is 11.8 Å². The molecule has 4 rings (SSSR count). The predicted molar refractivity (Wildman–Crippen MR) is 131 cm³/mol. The number of carboxylic acids is 1. The van der Waals surface area contributed by atoms with Crippen LogP contribution in [0.4, 0.5) is 0 Å². The van der Waals surface area contributed by atoms with Crippen LogP contribution in [0.3, 0.4) is 0 Å². The molecule has 1 aromatic rings. The Balaban J connectivity index is 1.42. The number of carboxylic acid groups (broad SMARTS) is 1. The molecule has 14 heteroatoms. The largest absolute Gasteiger partial charge is 0.504 e. The lowest BCUT2D eigenvalue weighted by Gasteiger charge is -2.44. The third-order valence-corrected chi connectivity index (χ3v) is 6.98. The zero-order chi connectivity index (χ0) is 29.2. The predicted octanol–water partition coefficient (Wildman–Crippen LogP) is -1.37. The van der Waals surface area contributed by atoms with E-state index in [0.29, 0.717) is 5.56 Å². The molecule has 14 nitrogen and oxygen atoms in total. The van der Waals surface area contributed by atoms with Gasteiger partial charge in [-0.1, -0.05) is 18.2 Å². The van der Waals surface area contributed by atoms with Gasteiger partial charge in [-0.2, -0.15) is 0 Å². The third kappa shape index (κ3) is 5.83. The molecule has 1 saturated heterocycles. The van der Waals surface area contributed by atoms with Crippen molar-refractivity contribution in [3.63, 3.8) is 0 Å². The molecule has 9 unspecified atom stereocenters. The van der Waals surface area contributed by atoms with Crippen molar-refractivity contribution in [2.45, 2.75) is 42.6 Å². The number of esters is 1. The molecule has 7 N–H and O–H groups in total. The Bertz CT molecular complexity index is 1190. The molecule has 0 saturated carbocycles. The number of methoxy groups -OCH3 is 1. The van der Waals surface area contributed by atoms with Crippen LogP contribution >= 0.6 is 0 Å². The fraction of sp³-hybridized carbons (Fsp3) is 0.462. The Kier molecular flexibility index (Phi) is 8.80. The molecule has 0 bridgehead atoms.